The van der Waals surface area contributed by atoms with Gasteiger partial charge in [-0.1, -0.05) is 23.7 Å². The molecule has 2 rings (SSSR count). The highest BCUT2D eigenvalue weighted by molar-refractivity contribution is 6.29. The SMILES string of the molecule is N#CCc1nc(Cl)ccc1-c1cccc(F)c1F. The molecule has 0 aliphatic heterocycles. The van der Waals surface area contributed by atoms with Crippen LogP contribution >= 0.6 is 11.6 Å². The smallest absolute Gasteiger partial charge is 0.166 e. The van der Waals surface area contributed by atoms with Gasteiger partial charge in [-0.2, -0.15) is 5.26 Å². The Morgan fingerprint density at radius 3 is 2.67 bits per heavy atom. The molecule has 0 aliphatic carbocycles. The van der Waals surface area contributed by atoms with Crippen molar-refractivity contribution >= 4 is 11.6 Å². The standard InChI is InChI=1S/C13H7ClF2N2/c14-12-5-4-8(11(18-12)6-7-17)9-2-1-3-10(15)13(9)16/h1-5H,6H2. The van der Waals surface area contributed by atoms with E-state index in [4.69, 9.17) is 16.9 Å². The molecule has 1 heterocycles. The quantitative estimate of drug-likeness (QED) is 0.775. The second kappa shape index (κ2) is 5.11. The summed E-state index contributed by atoms with van der Waals surface area (Å²) >= 11 is 5.72. The average molecular weight is 265 g/mol. The van der Waals surface area contributed by atoms with Crippen LogP contribution in [0.4, 0.5) is 8.78 Å². The zero-order valence-corrected chi connectivity index (χ0v) is 9.88. The first-order chi connectivity index (χ1) is 8.63. The average Bonchev–Trinajstić information content (AvgIpc) is 2.34. The van der Waals surface area contributed by atoms with E-state index in [1.807, 2.05) is 6.07 Å². The molecule has 90 valence electrons. The molecule has 0 amide bonds. The number of hydrogen-bond acceptors (Lipinski definition) is 2. The first kappa shape index (κ1) is 12.5. The summed E-state index contributed by atoms with van der Waals surface area (Å²) in [7, 11) is 0. The summed E-state index contributed by atoms with van der Waals surface area (Å²) < 4.78 is 26.9. The number of pyridine rings is 1. The number of aromatic nitrogens is 1. The third-order valence-electron chi connectivity index (χ3n) is 2.43. The predicted molar refractivity (Wildman–Crippen MR) is 63.9 cm³/mol. The van der Waals surface area contributed by atoms with E-state index in [2.05, 4.69) is 4.98 Å². The lowest BCUT2D eigenvalue weighted by Gasteiger charge is -2.08. The van der Waals surface area contributed by atoms with Gasteiger partial charge in [-0.15, -0.1) is 0 Å². The molecule has 18 heavy (non-hydrogen) atoms. The van der Waals surface area contributed by atoms with Gasteiger partial charge in [0.05, 0.1) is 18.2 Å². The number of rotatable bonds is 2. The Hall–Kier alpha value is -1.99. The normalized spacial score (nSPS) is 10.1. The Morgan fingerprint density at radius 2 is 1.94 bits per heavy atom. The van der Waals surface area contributed by atoms with Crippen molar-refractivity contribution < 1.29 is 8.78 Å². The van der Waals surface area contributed by atoms with Gasteiger partial charge in [-0.3, -0.25) is 0 Å². The first-order valence-electron chi connectivity index (χ1n) is 5.10. The molecule has 1 aromatic carbocycles. The number of nitriles is 1. The van der Waals surface area contributed by atoms with Gasteiger partial charge in [0.2, 0.25) is 0 Å². The minimum absolute atomic E-state index is 0.0220. The third kappa shape index (κ3) is 2.31. The van der Waals surface area contributed by atoms with Crippen LogP contribution in [0.15, 0.2) is 30.3 Å². The molecule has 0 bridgehead atoms. The minimum atomic E-state index is -0.958. The fourth-order valence-corrected chi connectivity index (χ4v) is 1.81. The summed E-state index contributed by atoms with van der Waals surface area (Å²) in [5.41, 5.74) is 0.775. The molecule has 0 unspecified atom stereocenters. The van der Waals surface area contributed by atoms with Crippen molar-refractivity contribution in [3.05, 3.63) is 52.8 Å². The molecule has 2 aromatic rings. The number of nitrogens with zero attached hydrogens (tertiary/aromatic N) is 2. The number of benzene rings is 1. The third-order valence-corrected chi connectivity index (χ3v) is 2.64. The van der Waals surface area contributed by atoms with E-state index in [1.54, 1.807) is 0 Å². The molecule has 0 spiro atoms. The van der Waals surface area contributed by atoms with E-state index in [0.717, 1.165) is 6.07 Å². The van der Waals surface area contributed by atoms with Crippen LogP contribution in [0.1, 0.15) is 5.69 Å². The highest BCUT2D eigenvalue weighted by Crippen LogP contribution is 2.28. The molecule has 0 saturated carbocycles. The van der Waals surface area contributed by atoms with E-state index in [-0.39, 0.29) is 17.1 Å². The molecule has 0 fully saturated rings. The Bertz CT molecular complexity index is 635. The summed E-state index contributed by atoms with van der Waals surface area (Å²) in [6.07, 6.45) is -0.0220. The second-order valence-corrected chi connectivity index (χ2v) is 3.95. The van der Waals surface area contributed by atoms with Crippen LogP contribution in [0.25, 0.3) is 11.1 Å². The first-order valence-corrected chi connectivity index (χ1v) is 5.48. The maximum atomic E-state index is 13.7. The summed E-state index contributed by atoms with van der Waals surface area (Å²) in [5, 5.41) is 8.91. The van der Waals surface area contributed by atoms with Gasteiger partial charge in [-0.25, -0.2) is 13.8 Å². The fraction of sp³-hybridized carbons (Fsp3) is 0.0769. The van der Waals surface area contributed by atoms with E-state index in [9.17, 15) is 8.78 Å². The van der Waals surface area contributed by atoms with Gasteiger partial charge in [-0.05, 0) is 18.2 Å². The Morgan fingerprint density at radius 1 is 1.17 bits per heavy atom. The summed E-state index contributed by atoms with van der Waals surface area (Å²) in [4.78, 5) is 3.96. The molecular formula is C13H7ClF2N2. The summed E-state index contributed by atoms with van der Waals surface area (Å²) in [5.74, 6) is -1.90. The van der Waals surface area contributed by atoms with E-state index in [0.29, 0.717) is 11.3 Å². The highest BCUT2D eigenvalue weighted by atomic mass is 35.5. The van der Waals surface area contributed by atoms with Crippen LogP contribution in [0.2, 0.25) is 5.15 Å². The molecule has 0 atom stereocenters. The molecule has 0 saturated heterocycles. The van der Waals surface area contributed by atoms with Crippen LogP contribution in [0.5, 0.6) is 0 Å². The van der Waals surface area contributed by atoms with E-state index in [1.165, 1.54) is 24.3 Å². The van der Waals surface area contributed by atoms with Crippen molar-refractivity contribution in [2.24, 2.45) is 0 Å². The molecule has 0 aliphatic rings. The van der Waals surface area contributed by atoms with Gasteiger partial charge in [0.1, 0.15) is 5.15 Å². The molecule has 0 N–H and O–H groups in total. The Kier molecular flexibility index (Phi) is 3.54. The second-order valence-electron chi connectivity index (χ2n) is 3.56. The van der Waals surface area contributed by atoms with Crippen LogP contribution < -0.4 is 0 Å². The van der Waals surface area contributed by atoms with Gasteiger partial charge >= 0.3 is 0 Å². The monoisotopic (exact) mass is 264 g/mol. The van der Waals surface area contributed by atoms with Gasteiger partial charge in [0.25, 0.3) is 0 Å². The zero-order chi connectivity index (χ0) is 13.1. The predicted octanol–water partition coefficient (Wildman–Crippen LogP) is 3.75. The number of halogens is 3. The van der Waals surface area contributed by atoms with Crippen molar-refractivity contribution in [2.45, 2.75) is 6.42 Å². The molecule has 5 heteroatoms. The van der Waals surface area contributed by atoms with E-state index >= 15 is 0 Å². The lowest BCUT2D eigenvalue weighted by Crippen LogP contribution is -1.97. The van der Waals surface area contributed by atoms with Crippen molar-refractivity contribution in [2.75, 3.05) is 0 Å². The summed E-state index contributed by atoms with van der Waals surface area (Å²) in [6.45, 7) is 0. The minimum Gasteiger partial charge on any atom is -0.239 e. The molecular weight excluding hydrogens is 258 g/mol. The highest BCUT2D eigenvalue weighted by Gasteiger charge is 2.14. The maximum absolute atomic E-state index is 13.7. The van der Waals surface area contributed by atoms with E-state index < -0.39 is 11.6 Å². The number of hydrogen-bond donors (Lipinski definition) is 0. The topological polar surface area (TPSA) is 36.7 Å². The lowest BCUT2D eigenvalue weighted by atomic mass is 10.0. The fourth-order valence-electron chi connectivity index (χ4n) is 1.64. The largest absolute Gasteiger partial charge is 0.239 e. The maximum Gasteiger partial charge on any atom is 0.166 e. The van der Waals surface area contributed by atoms with Crippen molar-refractivity contribution in [1.82, 2.24) is 4.98 Å². The zero-order valence-electron chi connectivity index (χ0n) is 9.12. The van der Waals surface area contributed by atoms with Crippen LogP contribution in [-0.2, 0) is 6.42 Å². The van der Waals surface area contributed by atoms with Crippen LogP contribution in [-0.4, -0.2) is 4.98 Å². The summed E-state index contributed by atoms with van der Waals surface area (Å²) in [6, 6.07) is 8.79. The van der Waals surface area contributed by atoms with Crippen molar-refractivity contribution in [3.8, 4) is 17.2 Å². The van der Waals surface area contributed by atoms with Crippen LogP contribution in [0.3, 0.4) is 0 Å². The molecule has 2 nitrogen and oxygen atoms in total. The molecule has 0 radical (unpaired) electrons. The van der Waals surface area contributed by atoms with Gasteiger partial charge in [0.15, 0.2) is 11.6 Å². The molecule has 1 aromatic heterocycles. The Labute approximate surface area is 107 Å². The Balaban J connectivity index is 2.64. The van der Waals surface area contributed by atoms with Crippen molar-refractivity contribution in [1.29, 1.82) is 5.26 Å². The van der Waals surface area contributed by atoms with Gasteiger partial charge < -0.3 is 0 Å². The van der Waals surface area contributed by atoms with Gasteiger partial charge in [0, 0.05) is 11.1 Å². The van der Waals surface area contributed by atoms with Crippen molar-refractivity contribution in [3.63, 3.8) is 0 Å². The van der Waals surface area contributed by atoms with Crippen LogP contribution in [0, 0.1) is 23.0 Å². The lowest BCUT2D eigenvalue weighted by molar-refractivity contribution is 0.511.